The summed E-state index contributed by atoms with van der Waals surface area (Å²) in [5, 5.41) is 10.8. The molecule has 1 heterocycles. The summed E-state index contributed by atoms with van der Waals surface area (Å²) in [5.41, 5.74) is 7.20. The minimum Gasteiger partial charge on any atom is -0.508 e. The molecule has 0 aromatic heterocycles. The number of phenolic OH excluding ortho intramolecular Hbond substituents is 1. The molecule has 0 saturated carbocycles. The maximum absolute atomic E-state index is 10.8. The number of likely N-dealkylation sites (tertiary alicyclic amines) is 1. The number of piperidine rings is 1. The number of hydrogen-bond acceptors (Lipinski definition) is 3. The smallest absolute Gasteiger partial charge is 0.121 e. The monoisotopic (exact) mass is 503 g/mol. The van der Waals surface area contributed by atoms with Crippen molar-refractivity contribution >= 4 is 0 Å². The highest BCUT2D eigenvalue weighted by molar-refractivity contribution is 5.69. The van der Waals surface area contributed by atoms with Gasteiger partial charge < -0.3 is 14.7 Å². The Morgan fingerprint density at radius 3 is 2.24 bits per heavy atom. The van der Waals surface area contributed by atoms with Crippen molar-refractivity contribution in [3.05, 3.63) is 125 Å². The molecule has 3 nitrogen and oxygen atoms in total. The summed E-state index contributed by atoms with van der Waals surface area (Å²) in [6.07, 6.45) is 4.70. The number of benzene rings is 4. The van der Waals surface area contributed by atoms with Crippen molar-refractivity contribution in [2.75, 3.05) is 19.6 Å². The van der Waals surface area contributed by atoms with Crippen LogP contribution in [0.2, 0.25) is 0 Å². The van der Waals surface area contributed by atoms with Crippen LogP contribution in [0.1, 0.15) is 53.5 Å². The molecule has 2 atom stereocenters. The van der Waals surface area contributed by atoms with Crippen LogP contribution in [0.15, 0.2) is 103 Å². The van der Waals surface area contributed by atoms with E-state index in [0.29, 0.717) is 24.2 Å². The van der Waals surface area contributed by atoms with Crippen molar-refractivity contribution in [2.24, 2.45) is 5.92 Å². The van der Waals surface area contributed by atoms with Gasteiger partial charge >= 0.3 is 0 Å². The van der Waals surface area contributed by atoms with Crippen molar-refractivity contribution in [3.8, 4) is 16.9 Å². The van der Waals surface area contributed by atoms with E-state index in [0.717, 1.165) is 49.2 Å². The van der Waals surface area contributed by atoms with E-state index in [4.69, 9.17) is 4.74 Å². The van der Waals surface area contributed by atoms with E-state index in [9.17, 15) is 5.11 Å². The number of fused-ring (bicyclic) bond motifs is 1. The predicted octanol–water partition coefficient (Wildman–Crippen LogP) is 7.76. The first-order valence-electron chi connectivity index (χ1n) is 14.1. The van der Waals surface area contributed by atoms with Gasteiger partial charge in [-0.25, -0.2) is 0 Å². The highest BCUT2D eigenvalue weighted by Crippen LogP contribution is 2.40. The molecule has 0 radical (unpaired) electrons. The lowest BCUT2D eigenvalue weighted by Gasteiger charge is -2.39. The topological polar surface area (TPSA) is 32.7 Å². The van der Waals surface area contributed by atoms with Gasteiger partial charge in [-0.05, 0) is 78.6 Å². The van der Waals surface area contributed by atoms with Gasteiger partial charge in [-0.2, -0.15) is 0 Å². The minimum atomic E-state index is 0.0232. The van der Waals surface area contributed by atoms with Crippen molar-refractivity contribution in [1.82, 2.24) is 4.90 Å². The average Bonchev–Trinajstić information content (AvgIpc) is 2.98. The van der Waals surface area contributed by atoms with Crippen molar-refractivity contribution in [2.45, 2.75) is 44.3 Å². The molecule has 2 aliphatic rings. The molecule has 0 amide bonds. The molecule has 4 aromatic rings. The molecule has 0 bridgehead atoms. The van der Waals surface area contributed by atoms with Crippen LogP contribution >= 0.6 is 0 Å². The van der Waals surface area contributed by atoms with E-state index in [1.807, 2.05) is 24.3 Å². The number of phenols is 1. The Bertz CT molecular complexity index is 1330. The SMILES string of the molecule is Oc1cccc(-c2ccccc2)c1COC1c2ccccc2CCC1CN1CCC(c2ccccc2)CC1. The fourth-order valence-corrected chi connectivity index (χ4v) is 6.49. The van der Waals surface area contributed by atoms with Crippen LogP contribution in [0.3, 0.4) is 0 Å². The zero-order valence-corrected chi connectivity index (χ0v) is 22.0. The first kappa shape index (κ1) is 24.9. The summed E-state index contributed by atoms with van der Waals surface area (Å²) in [4.78, 5) is 2.66. The number of nitrogens with zero attached hydrogens (tertiary/aromatic N) is 1. The van der Waals surface area contributed by atoms with E-state index < -0.39 is 0 Å². The van der Waals surface area contributed by atoms with Crippen LogP contribution in [0.4, 0.5) is 0 Å². The Kier molecular flexibility index (Phi) is 7.57. The van der Waals surface area contributed by atoms with Gasteiger partial charge in [-0.3, -0.25) is 0 Å². The lowest BCUT2D eigenvalue weighted by atomic mass is 9.80. The molecule has 38 heavy (non-hydrogen) atoms. The van der Waals surface area contributed by atoms with Gasteiger partial charge in [0.15, 0.2) is 0 Å². The summed E-state index contributed by atoms with van der Waals surface area (Å²) in [6.45, 7) is 3.74. The van der Waals surface area contributed by atoms with E-state index in [1.54, 1.807) is 6.07 Å². The van der Waals surface area contributed by atoms with Gasteiger partial charge in [0.1, 0.15) is 5.75 Å². The van der Waals surface area contributed by atoms with Crippen LogP contribution in [-0.4, -0.2) is 29.6 Å². The van der Waals surface area contributed by atoms with Gasteiger partial charge in [0.2, 0.25) is 0 Å². The largest absolute Gasteiger partial charge is 0.508 e. The Hall–Kier alpha value is -3.40. The third kappa shape index (κ3) is 5.41. The Morgan fingerprint density at radius 2 is 1.45 bits per heavy atom. The predicted molar refractivity (Wildman–Crippen MR) is 154 cm³/mol. The number of hydrogen-bond donors (Lipinski definition) is 1. The van der Waals surface area contributed by atoms with E-state index in [2.05, 4.69) is 77.7 Å². The molecule has 0 spiro atoms. The summed E-state index contributed by atoms with van der Waals surface area (Å²) in [5.74, 6) is 1.41. The molecule has 194 valence electrons. The van der Waals surface area contributed by atoms with Gasteiger partial charge in [0.25, 0.3) is 0 Å². The molecular formula is C35H37NO2. The minimum absolute atomic E-state index is 0.0232. The first-order valence-corrected chi connectivity index (χ1v) is 14.1. The highest BCUT2D eigenvalue weighted by atomic mass is 16.5. The van der Waals surface area contributed by atoms with Gasteiger partial charge in [-0.15, -0.1) is 0 Å². The molecule has 1 aliphatic heterocycles. The fraction of sp³-hybridized carbons (Fsp3) is 0.314. The third-order valence-electron chi connectivity index (χ3n) is 8.57. The molecule has 4 aromatic carbocycles. The Labute approximate surface area is 226 Å². The second-order valence-corrected chi connectivity index (χ2v) is 10.9. The van der Waals surface area contributed by atoms with E-state index >= 15 is 0 Å². The molecule has 6 rings (SSSR count). The number of rotatable bonds is 7. The summed E-state index contributed by atoms with van der Waals surface area (Å²) < 4.78 is 6.80. The summed E-state index contributed by atoms with van der Waals surface area (Å²) >= 11 is 0. The first-order chi connectivity index (χ1) is 18.8. The quantitative estimate of drug-likeness (QED) is 0.280. The third-order valence-corrected chi connectivity index (χ3v) is 8.57. The maximum Gasteiger partial charge on any atom is 0.121 e. The second-order valence-electron chi connectivity index (χ2n) is 10.9. The Balaban J connectivity index is 1.19. The maximum atomic E-state index is 10.8. The summed E-state index contributed by atoms with van der Waals surface area (Å²) in [6, 6.07) is 35.8. The summed E-state index contributed by atoms with van der Waals surface area (Å²) in [7, 11) is 0. The Morgan fingerprint density at radius 1 is 0.737 bits per heavy atom. The van der Waals surface area contributed by atoms with Gasteiger partial charge in [0.05, 0.1) is 12.7 Å². The van der Waals surface area contributed by atoms with Crippen LogP contribution in [0.25, 0.3) is 11.1 Å². The molecule has 3 heteroatoms. The second kappa shape index (κ2) is 11.6. The zero-order valence-electron chi connectivity index (χ0n) is 22.0. The molecule has 2 unspecified atom stereocenters. The zero-order chi connectivity index (χ0) is 25.7. The lowest BCUT2D eigenvalue weighted by Crippen LogP contribution is -2.39. The van der Waals surface area contributed by atoms with Crippen LogP contribution < -0.4 is 0 Å². The standard InChI is InChI=1S/C35H37NO2/c37-34-17-9-16-31(28-12-5-2-6-13-28)33(34)25-38-35-30(19-18-29-14-7-8-15-32(29)35)24-36-22-20-27(21-23-36)26-10-3-1-4-11-26/h1-17,27,30,35,37H,18-25H2. The van der Waals surface area contributed by atoms with Crippen LogP contribution in [-0.2, 0) is 17.8 Å². The average molecular weight is 504 g/mol. The van der Waals surface area contributed by atoms with Crippen LogP contribution in [0, 0.1) is 5.92 Å². The lowest BCUT2D eigenvalue weighted by molar-refractivity contribution is -0.0224. The number of ether oxygens (including phenoxy) is 1. The molecule has 1 N–H and O–H groups in total. The van der Waals surface area contributed by atoms with Crippen molar-refractivity contribution in [1.29, 1.82) is 0 Å². The van der Waals surface area contributed by atoms with E-state index in [-0.39, 0.29) is 6.10 Å². The van der Waals surface area contributed by atoms with Crippen molar-refractivity contribution < 1.29 is 9.84 Å². The molecule has 1 fully saturated rings. The fourth-order valence-electron chi connectivity index (χ4n) is 6.49. The number of aryl methyl sites for hydroxylation is 1. The van der Waals surface area contributed by atoms with Gasteiger partial charge in [-0.1, -0.05) is 97.1 Å². The molecular weight excluding hydrogens is 466 g/mol. The molecule has 1 saturated heterocycles. The normalized spacial score (nSPS) is 20.2. The highest BCUT2D eigenvalue weighted by Gasteiger charge is 2.33. The van der Waals surface area contributed by atoms with E-state index in [1.165, 1.54) is 29.5 Å². The van der Waals surface area contributed by atoms with Crippen LogP contribution in [0.5, 0.6) is 5.75 Å². The molecule has 1 aliphatic carbocycles. The van der Waals surface area contributed by atoms with Gasteiger partial charge in [0, 0.05) is 18.0 Å². The van der Waals surface area contributed by atoms with Crippen molar-refractivity contribution in [3.63, 3.8) is 0 Å². The number of aromatic hydroxyl groups is 1.